The van der Waals surface area contributed by atoms with Crippen molar-refractivity contribution >= 4 is 17.3 Å². The van der Waals surface area contributed by atoms with Crippen molar-refractivity contribution in [1.82, 2.24) is 10.6 Å². The molecule has 1 aromatic heterocycles. The monoisotopic (exact) mass is 339 g/mol. The van der Waals surface area contributed by atoms with Crippen molar-refractivity contribution < 1.29 is 13.5 Å². The van der Waals surface area contributed by atoms with Crippen LogP contribution in [-0.4, -0.2) is 19.6 Å². The van der Waals surface area contributed by atoms with Gasteiger partial charge in [0.15, 0.2) is 5.96 Å². The summed E-state index contributed by atoms with van der Waals surface area (Å²) < 4.78 is 29.3. The largest absolute Gasteiger partial charge is 0.434 e. The minimum Gasteiger partial charge on any atom is -0.434 e. The van der Waals surface area contributed by atoms with Crippen molar-refractivity contribution in [2.75, 3.05) is 7.05 Å². The molecule has 0 saturated heterocycles. The predicted molar refractivity (Wildman–Crippen MR) is 89.2 cm³/mol. The Labute approximate surface area is 138 Å². The first-order valence-electron chi connectivity index (χ1n) is 7.10. The second-order valence-electron chi connectivity index (χ2n) is 4.79. The molecular weight excluding hydrogens is 320 g/mol. The SMILES string of the molecule is CN=C(NCc1ccccc1OC(F)F)NCc1sccc1C. The first-order chi connectivity index (χ1) is 11.1. The molecule has 1 heterocycles. The van der Waals surface area contributed by atoms with Crippen molar-refractivity contribution in [1.29, 1.82) is 0 Å². The summed E-state index contributed by atoms with van der Waals surface area (Å²) in [7, 11) is 1.66. The number of aliphatic imine (C=N–C) groups is 1. The van der Waals surface area contributed by atoms with E-state index in [4.69, 9.17) is 0 Å². The fraction of sp³-hybridized carbons (Fsp3) is 0.312. The number of alkyl halides is 2. The number of rotatable bonds is 6. The predicted octanol–water partition coefficient (Wildman–Crippen LogP) is 3.52. The van der Waals surface area contributed by atoms with Gasteiger partial charge in [-0.15, -0.1) is 11.3 Å². The Morgan fingerprint density at radius 2 is 1.96 bits per heavy atom. The highest BCUT2D eigenvalue weighted by atomic mass is 32.1. The van der Waals surface area contributed by atoms with E-state index in [-0.39, 0.29) is 5.75 Å². The summed E-state index contributed by atoms with van der Waals surface area (Å²) in [5.41, 5.74) is 1.87. The first kappa shape index (κ1) is 17.2. The van der Waals surface area contributed by atoms with Crippen LogP contribution >= 0.6 is 11.3 Å². The van der Waals surface area contributed by atoms with Crippen molar-refractivity contribution in [3.63, 3.8) is 0 Å². The van der Waals surface area contributed by atoms with Crippen molar-refractivity contribution in [3.05, 3.63) is 51.7 Å². The number of hydrogen-bond donors (Lipinski definition) is 2. The van der Waals surface area contributed by atoms with Crippen LogP contribution in [0.4, 0.5) is 8.78 Å². The van der Waals surface area contributed by atoms with Gasteiger partial charge >= 0.3 is 6.61 Å². The van der Waals surface area contributed by atoms with Crippen molar-refractivity contribution in [3.8, 4) is 5.75 Å². The second-order valence-corrected chi connectivity index (χ2v) is 5.79. The summed E-state index contributed by atoms with van der Waals surface area (Å²) in [5.74, 6) is 0.768. The number of nitrogens with zero attached hydrogens (tertiary/aromatic N) is 1. The minimum atomic E-state index is -2.84. The maximum atomic E-state index is 12.4. The normalized spacial score (nSPS) is 11.6. The highest BCUT2D eigenvalue weighted by Gasteiger charge is 2.09. The zero-order valence-electron chi connectivity index (χ0n) is 13.0. The van der Waals surface area contributed by atoms with Gasteiger partial charge in [-0.25, -0.2) is 0 Å². The summed E-state index contributed by atoms with van der Waals surface area (Å²) in [6.45, 7) is 0.224. The topological polar surface area (TPSA) is 45.7 Å². The zero-order valence-corrected chi connectivity index (χ0v) is 13.8. The number of thiophene rings is 1. The van der Waals surface area contributed by atoms with E-state index < -0.39 is 6.61 Å². The molecular formula is C16H19F2N3OS. The van der Waals surface area contributed by atoms with Crippen LogP contribution in [0.15, 0.2) is 40.7 Å². The summed E-state index contributed by atoms with van der Waals surface area (Å²) in [5, 5.41) is 8.35. The van der Waals surface area contributed by atoms with E-state index in [1.54, 1.807) is 36.6 Å². The maximum absolute atomic E-state index is 12.4. The number of guanidine groups is 1. The molecule has 0 fully saturated rings. The third-order valence-corrected chi connectivity index (χ3v) is 4.27. The van der Waals surface area contributed by atoms with Crippen LogP contribution in [0.2, 0.25) is 0 Å². The Kier molecular flexibility index (Phi) is 6.34. The van der Waals surface area contributed by atoms with Gasteiger partial charge in [0.2, 0.25) is 0 Å². The highest BCUT2D eigenvalue weighted by Crippen LogP contribution is 2.20. The van der Waals surface area contributed by atoms with Gasteiger partial charge in [0, 0.05) is 24.0 Å². The van der Waals surface area contributed by atoms with Crippen LogP contribution in [0, 0.1) is 6.92 Å². The van der Waals surface area contributed by atoms with E-state index in [1.807, 2.05) is 5.38 Å². The fourth-order valence-corrected chi connectivity index (χ4v) is 2.86. The van der Waals surface area contributed by atoms with E-state index in [0.29, 0.717) is 24.6 Å². The fourth-order valence-electron chi connectivity index (χ4n) is 2.01. The molecule has 124 valence electrons. The molecule has 0 radical (unpaired) electrons. The summed E-state index contributed by atoms with van der Waals surface area (Å²) in [4.78, 5) is 5.36. The average Bonchev–Trinajstić information content (AvgIpc) is 2.93. The molecule has 0 atom stereocenters. The molecule has 0 saturated carbocycles. The molecule has 0 amide bonds. The summed E-state index contributed by atoms with van der Waals surface area (Å²) in [6, 6.07) is 8.76. The molecule has 0 bridgehead atoms. The molecule has 7 heteroatoms. The Bertz CT molecular complexity index is 658. The average molecular weight is 339 g/mol. The molecule has 2 N–H and O–H groups in total. The number of aryl methyl sites for hydroxylation is 1. The lowest BCUT2D eigenvalue weighted by atomic mass is 10.2. The molecule has 1 aromatic carbocycles. The van der Waals surface area contributed by atoms with Crippen molar-refractivity contribution in [2.24, 2.45) is 4.99 Å². The van der Waals surface area contributed by atoms with Crippen LogP contribution in [0.5, 0.6) is 5.75 Å². The lowest BCUT2D eigenvalue weighted by Crippen LogP contribution is -2.36. The Morgan fingerprint density at radius 1 is 1.22 bits per heavy atom. The van der Waals surface area contributed by atoms with Crippen LogP contribution in [0.1, 0.15) is 16.0 Å². The van der Waals surface area contributed by atoms with Gasteiger partial charge in [0.1, 0.15) is 5.75 Å². The highest BCUT2D eigenvalue weighted by molar-refractivity contribution is 7.10. The number of hydrogen-bond acceptors (Lipinski definition) is 3. The van der Waals surface area contributed by atoms with E-state index in [9.17, 15) is 8.78 Å². The summed E-state index contributed by atoms with van der Waals surface area (Å²) in [6.07, 6.45) is 0. The van der Waals surface area contributed by atoms with Gasteiger partial charge in [0.25, 0.3) is 0 Å². The smallest absolute Gasteiger partial charge is 0.387 e. The quantitative estimate of drug-likeness (QED) is 0.625. The molecule has 4 nitrogen and oxygen atoms in total. The number of para-hydroxylation sites is 1. The molecule has 0 aliphatic heterocycles. The molecule has 0 unspecified atom stereocenters. The Balaban J connectivity index is 1.92. The zero-order chi connectivity index (χ0) is 16.7. The number of halogens is 2. The van der Waals surface area contributed by atoms with Gasteiger partial charge in [0.05, 0.1) is 6.54 Å². The Hall–Kier alpha value is -2.15. The molecule has 0 aliphatic carbocycles. The standard InChI is InChI=1S/C16H19F2N3OS/c1-11-7-8-23-14(11)10-21-16(19-2)20-9-12-5-3-4-6-13(12)22-15(17)18/h3-8,15H,9-10H2,1-2H3,(H2,19,20,21). The lowest BCUT2D eigenvalue weighted by molar-refractivity contribution is -0.0504. The Morgan fingerprint density at radius 3 is 2.61 bits per heavy atom. The van der Waals surface area contributed by atoms with E-state index in [1.165, 1.54) is 16.5 Å². The molecule has 0 spiro atoms. The summed E-state index contributed by atoms with van der Waals surface area (Å²) >= 11 is 1.68. The van der Waals surface area contributed by atoms with Gasteiger partial charge < -0.3 is 15.4 Å². The number of ether oxygens (including phenoxy) is 1. The van der Waals surface area contributed by atoms with Crippen LogP contribution in [-0.2, 0) is 13.1 Å². The van der Waals surface area contributed by atoms with Gasteiger partial charge in [-0.3, -0.25) is 4.99 Å². The molecule has 2 rings (SSSR count). The molecule has 0 aliphatic rings. The van der Waals surface area contributed by atoms with Crippen LogP contribution in [0.3, 0.4) is 0 Å². The number of nitrogens with one attached hydrogen (secondary N) is 2. The van der Waals surface area contributed by atoms with E-state index in [2.05, 4.69) is 33.4 Å². The van der Waals surface area contributed by atoms with E-state index >= 15 is 0 Å². The second kappa shape index (κ2) is 8.47. The first-order valence-corrected chi connectivity index (χ1v) is 7.98. The van der Waals surface area contributed by atoms with Gasteiger partial charge in [-0.2, -0.15) is 8.78 Å². The lowest BCUT2D eigenvalue weighted by Gasteiger charge is -2.14. The number of benzene rings is 1. The van der Waals surface area contributed by atoms with Gasteiger partial charge in [-0.05, 0) is 30.0 Å². The van der Waals surface area contributed by atoms with Crippen LogP contribution < -0.4 is 15.4 Å². The third kappa shape index (κ3) is 5.21. The van der Waals surface area contributed by atoms with Crippen molar-refractivity contribution in [2.45, 2.75) is 26.6 Å². The van der Waals surface area contributed by atoms with Gasteiger partial charge in [-0.1, -0.05) is 18.2 Å². The third-order valence-electron chi connectivity index (χ3n) is 3.24. The minimum absolute atomic E-state index is 0.166. The van der Waals surface area contributed by atoms with Crippen LogP contribution in [0.25, 0.3) is 0 Å². The molecule has 2 aromatic rings. The van der Waals surface area contributed by atoms with E-state index in [0.717, 1.165) is 0 Å². The molecule has 23 heavy (non-hydrogen) atoms. The maximum Gasteiger partial charge on any atom is 0.387 e.